The minimum atomic E-state index is -0.809. The average molecular weight is 193 g/mol. The molecule has 0 aliphatic carbocycles. The molecule has 0 saturated carbocycles. The molecular weight excluding hydrogens is 178 g/mol. The summed E-state index contributed by atoms with van der Waals surface area (Å²) in [4.78, 5) is 10.8. The Bertz CT molecular complexity index is 323. The van der Waals surface area contributed by atoms with Gasteiger partial charge in [0.1, 0.15) is 6.04 Å². The van der Waals surface area contributed by atoms with Gasteiger partial charge in [0.15, 0.2) is 0 Å². The fraction of sp³-hybridized carbons (Fsp3) is 0.364. The zero-order valence-corrected chi connectivity index (χ0v) is 8.45. The molecule has 0 aromatic heterocycles. The minimum Gasteiger partial charge on any atom is -0.480 e. The Balaban J connectivity index is 2.77. The summed E-state index contributed by atoms with van der Waals surface area (Å²) in [5.41, 5.74) is 2.21. The van der Waals surface area contributed by atoms with E-state index in [0.717, 1.165) is 11.1 Å². The number of nitrogens with one attached hydrogen (secondary N) is 1. The molecule has 1 unspecified atom stereocenters. The van der Waals surface area contributed by atoms with Gasteiger partial charge in [0, 0.05) is 0 Å². The Morgan fingerprint density at radius 3 is 2.64 bits per heavy atom. The smallest absolute Gasteiger partial charge is 0.321 e. The van der Waals surface area contributed by atoms with Crippen LogP contribution in [0.25, 0.3) is 0 Å². The van der Waals surface area contributed by atoms with Gasteiger partial charge < -0.3 is 10.4 Å². The summed E-state index contributed by atoms with van der Waals surface area (Å²) in [6.45, 7) is 1.99. The number of likely N-dealkylation sites (N-methyl/N-ethyl adjacent to an activating group) is 1. The molecule has 0 aliphatic heterocycles. The third-order valence-corrected chi connectivity index (χ3v) is 2.33. The first-order chi connectivity index (χ1) is 6.65. The maximum absolute atomic E-state index is 10.8. The van der Waals surface area contributed by atoms with E-state index in [0.29, 0.717) is 6.42 Å². The van der Waals surface area contributed by atoms with E-state index in [-0.39, 0.29) is 0 Å². The highest BCUT2D eigenvalue weighted by atomic mass is 16.4. The largest absolute Gasteiger partial charge is 0.480 e. The van der Waals surface area contributed by atoms with E-state index >= 15 is 0 Å². The predicted octanol–water partition coefficient (Wildman–Crippen LogP) is 1.21. The number of carboxylic acid groups (broad SMARTS) is 1. The van der Waals surface area contributed by atoms with E-state index in [4.69, 9.17) is 5.11 Å². The van der Waals surface area contributed by atoms with Crippen molar-refractivity contribution in [3.63, 3.8) is 0 Å². The van der Waals surface area contributed by atoms with E-state index in [9.17, 15) is 4.79 Å². The second-order valence-electron chi connectivity index (χ2n) is 3.31. The van der Waals surface area contributed by atoms with Crippen molar-refractivity contribution >= 4 is 5.97 Å². The lowest BCUT2D eigenvalue weighted by Gasteiger charge is -2.12. The molecule has 0 amide bonds. The minimum absolute atomic E-state index is 0.504. The fourth-order valence-electron chi connectivity index (χ4n) is 1.37. The monoisotopic (exact) mass is 193 g/mol. The molecule has 3 nitrogen and oxygen atoms in total. The van der Waals surface area contributed by atoms with Gasteiger partial charge in [0.2, 0.25) is 0 Å². The number of hydrogen-bond donors (Lipinski definition) is 2. The predicted molar refractivity (Wildman–Crippen MR) is 55.4 cm³/mol. The molecule has 0 heterocycles. The zero-order chi connectivity index (χ0) is 10.6. The van der Waals surface area contributed by atoms with Crippen molar-refractivity contribution in [2.75, 3.05) is 7.05 Å². The zero-order valence-electron chi connectivity index (χ0n) is 8.45. The molecule has 2 N–H and O–H groups in total. The maximum Gasteiger partial charge on any atom is 0.321 e. The number of carboxylic acids is 1. The van der Waals surface area contributed by atoms with Crippen LogP contribution in [0.2, 0.25) is 0 Å². The van der Waals surface area contributed by atoms with E-state index < -0.39 is 12.0 Å². The second kappa shape index (κ2) is 4.77. The topological polar surface area (TPSA) is 49.3 Å². The molecule has 0 aliphatic rings. The summed E-state index contributed by atoms with van der Waals surface area (Å²) in [7, 11) is 1.66. The van der Waals surface area contributed by atoms with E-state index in [1.807, 2.05) is 31.2 Å². The van der Waals surface area contributed by atoms with Gasteiger partial charge in [-0.3, -0.25) is 4.79 Å². The van der Waals surface area contributed by atoms with Crippen molar-refractivity contribution in [1.82, 2.24) is 5.32 Å². The van der Waals surface area contributed by atoms with Crippen molar-refractivity contribution in [3.05, 3.63) is 35.4 Å². The molecule has 0 saturated heterocycles. The molecule has 3 heteroatoms. The van der Waals surface area contributed by atoms with Crippen LogP contribution in [0, 0.1) is 6.92 Å². The number of rotatable bonds is 4. The van der Waals surface area contributed by atoms with Crippen LogP contribution in [0.3, 0.4) is 0 Å². The highest BCUT2D eigenvalue weighted by molar-refractivity contribution is 5.73. The molecule has 0 fully saturated rings. The molecule has 76 valence electrons. The lowest BCUT2D eigenvalue weighted by Crippen LogP contribution is -2.35. The highest BCUT2D eigenvalue weighted by Crippen LogP contribution is 2.09. The molecule has 0 spiro atoms. The van der Waals surface area contributed by atoms with Crippen molar-refractivity contribution in [1.29, 1.82) is 0 Å². The number of aliphatic carboxylic acids is 1. The summed E-state index contributed by atoms with van der Waals surface area (Å²) in [6, 6.07) is 7.33. The number of hydrogen-bond acceptors (Lipinski definition) is 2. The van der Waals surface area contributed by atoms with Gasteiger partial charge >= 0.3 is 5.97 Å². The third-order valence-electron chi connectivity index (χ3n) is 2.33. The SMILES string of the molecule is CNC(Cc1ccccc1C)C(=O)O. The molecule has 1 rings (SSSR count). The Morgan fingerprint density at radius 2 is 2.14 bits per heavy atom. The summed E-state index contributed by atoms with van der Waals surface area (Å²) in [5.74, 6) is -0.809. The first-order valence-electron chi connectivity index (χ1n) is 4.59. The van der Waals surface area contributed by atoms with Gasteiger partial charge in [-0.25, -0.2) is 0 Å². The van der Waals surface area contributed by atoms with Crippen LogP contribution in [-0.2, 0) is 11.2 Å². The van der Waals surface area contributed by atoms with E-state index in [2.05, 4.69) is 5.32 Å². The van der Waals surface area contributed by atoms with Crippen LogP contribution in [0.1, 0.15) is 11.1 Å². The van der Waals surface area contributed by atoms with E-state index in [1.165, 1.54) is 0 Å². The van der Waals surface area contributed by atoms with Gasteiger partial charge in [-0.1, -0.05) is 24.3 Å². The normalized spacial score (nSPS) is 12.4. The summed E-state index contributed by atoms with van der Waals surface area (Å²) < 4.78 is 0. The van der Waals surface area contributed by atoms with E-state index in [1.54, 1.807) is 7.05 Å². The van der Waals surface area contributed by atoms with Crippen LogP contribution in [0.4, 0.5) is 0 Å². The molecular formula is C11H15NO2. The van der Waals surface area contributed by atoms with Crippen molar-refractivity contribution in [2.24, 2.45) is 0 Å². The van der Waals surface area contributed by atoms with Gasteiger partial charge in [0.05, 0.1) is 0 Å². The van der Waals surface area contributed by atoms with Gasteiger partial charge in [-0.2, -0.15) is 0 Å². The molecule has 0 bridgehead atoms. The van der Waals surface area contributed by atoms with Crippen LogP contribution in [-0.4, -0.2) is 24.2 Å². The molecule has 1 aromatic carbocycles. The molecule has 14 heavy (non-hydrogen) atoms. The number of benzene rings is 1. The molecule has 0 radical (unpaired) electrons. The van der Waals surface area contributed by atoms with Crippen LogP contribution in [0.5, 0.6) is 0 Å². The highest BCUT2D eigenvalue weighted by Gasteiger charge is 2.15. The standard InChI is InChI=1S/C11H15NO2/c1-8-5-3-4-6-9(8)7-10(12-2)11(13)14/h3-6,10,12H,7H2,1-2H3,(H,13,14). The first kappa shape index (κ1) is 10.7. The summed E-state index contributed by atoms with van der Waals surface area (Å²) in [6.07, 6.45) is 0.526. The van der Waals surface area contributed by atoms with Gasteiger partial charge in [-0.15, -0.1) is 0 Å². The van der Waals surface area contributed by atoms with Crippen LogP contribution < -0.4 is 5.32 Å². The lowest BCUT2D eigenvalue weighted by molar-refractivity contribution is -0.139. The van der Waals surface area contributed by atoms with Gasteiger partial charge in [0.25, 0.3) is 0 Å². The fourth-order valence-corrected chi connectivity index (χ4v) is 1.37. The van der Waals surface area contributed by atoms with Crippen molar-refractivity contribution in [2.45, 2.75) is 19.4 Å². The molecule has 1 aromatic rings. The lowest BCUT2D eigenvalue weighted by atomic mass is 10.0. The number of carbonyl (C=O) groups is 1. The van der Waals surface area contributed by atoms with Gasteiger partial charge in [-0.05, 0) is 31.5 Å². The molecule has 1 atom stereocenters. The number of aryl methyl sites for hydroxylation is 1. The van der Waals surface area contributed by atoms with Crippen molar-refractivity contribution < 1.29 is 9.90 Å². The average Bonchev–Trinajstić information content (AvgIpc) is 2.16. The maximum atomic E-state index is 10.8. The second-order valence-corrected chi connectivity index (χ2v) is 3.31. The summed E-state index contributed by atoms with van der Waals surface area (Å²) in [5, 5.41) is 11.6. The summed E-state index contributed by atoms with van der Waals surface area (Å²) >= 11 is 0. The van der Waals surface area contributed by atoms with Crippen LogP contribution >= 0.6 is 0 Å². The Kier molecular flexibility index (Phi) is 3.65. The Morgan fingerprint density at radius 1 is 1.50 bits per heavy atom. The van der Waals surface area contributed by atoms with Crippen molar-refractivity contribution in [3.8, 4) is 0 Å². The first-order valence-corrected chi connectivity index (χ1v) is 4.59. The van der Waals surface area contributed by atoms with Crippen LogP contribution in [0.15, 0.2) is 24.3 Å². The third kappa shape index (κ3) is 2.57. The quantitative estimate of drug-likeness (QED) is 0.755. The Hall–Kier alpha value is -1.35. The Labute approximate surface area is 83.8 Å².